The lowest BCUT2D eigenvalue weighted by Gasteiger charge is -2.27. The fraction of sp³-hybridized carbons (Fsp3) is 0.769. The molecule has 1 fully saturated rings. The fourth-order valence-corrected chi connectivity index (χ4v) is 4.13. The van der Waals surface area contributed by atoms with Crippen LogP contribution in [0.4, 0.5) is 0 Å². The van der Waals surface area contributed by atoms with E-state index in [1.807, 2.05) is 16.4 Å². The summed E-state index contributed by atoms with van der Waals surface area (Å²) >= 11 is 8.34. The molecule has 1 aromatic rings. The van der Waals surface area contributed by atoms with Gasteiger partial charge in [0, 0.05) is 6.04 Å². The van der Waals surface area contributed by atoms with E-state index < -0.39 is 0 Å². The molecule has 0 amide bonds. The van der Waals surface area contributed by atoms with Crippen LogP contribution in [0.1, 0.15) is 50.9 Å². The van der Waals surface area contributed by atoms with Crippen molar-refractivity contribution >= 4 is 23.4 Å². The van der Waals surface area contributed by atoms with E-state index in [1.165, 1.54) is 24.3 Å². The third-order valence-electron chi connectivity index (χ3n) is 3.72. The first-order chi connectivity index (χ1) is 9.13. The molecule has 108 valence electrons. The van der Waals surface area contributed by atoms with Crippen molar-refractivity contribution in [3.8, 4) is 0 Å². The molecule has 1 aliphatic heterocycles. The number of hydrogen-bond donors (Lipinski definition) is 2. The molecule has 0 saturated carbocycles. The summed E-state index contributed by atoms with van der Waals surface area (Å²) in [6, 6.07) is 0.380. The molecular formula is C13H23ClN4S. The number of nitrogens with zero attached hydrogens (tertiary/aromatic N) is 2. The van der Waals surface area contributed by atoms with Crippen LogP contribution in [0.2, 0.25) is 5.02 Å². The van der Waals surface area contributed by atoms with E-state index in [0.29, 0.717) is 11.1 Å². The molecule has 19 heavy (non-hydrogen) atoms. The normalized spacial score (nSPS) is 19.0. The minimum absolute atomic E-state index is 0.0884. The maximum absolute atomic E-state index is 6.30. The standard InChI is InChI=1S/C13H23ClN4S/c1-9(2)18-13(11(14)8-16-18)12(17-15)7-10-3-5-19-6-4-10/h8-10,12,17H,3-7,15H2,1-2H3. The highest BCUT2D eigenvalue weighted by atomic mass is 35.5. The Labute approximate surface area is 124 Å². The van der Waals surface area contributed by atoms with Gasteiger partial charge >= 0.3 is 0 Å². The molecule has 1 unspecified atom stereocenters. The predicted octanol–water partition coefficient (Wildman–Crippen LogP) is 3.16. The highest BCUT2D eigenvalue weighted by molar-refractivity contribution is 7.99. The Morgan fingerprint density at radius 2 is 2.21 bits per heavy atom. The van der Waals surface area contributed by atoms with Gasteiger partial charge in [0.05, 0.1) is 23.0 Å². The maximum atomic E-state index is 6.30. The molecule has 0 radical (unpaired) electrons. The van der Waals surface area contributed by atoms with Crippen LogP contribution in [-0.2, 0) is 0 Å². The number of thioether (sulfide) groups is 1. The second-order valence-electron chi connectivity index (χ2n) is 5.43. The number of nitrogens with two attached hydrogens (primary N) is 1. The van der Waals surface area contributed by atoms with Crippen LogP contribution >= 0.6 is 23.4 Å². The van der Waals surface area contributed by atoms with E-state index in [4.69, 9.17) is 17.4 Å². The Kier molecular flexibility index (Phi) is 5.57. The van der Waals surface area contributed by atoms with Gasteiger partial charge in [0.1, 0.15) is 0 Å². The molecule has 1 atom stereocenters. The molecule has 4 nitrogen and oxygen atoms in total. The van der Waals surface area contributed by atoms with Crippen molar-refractivity contribution in [1.82, 2.24) is 15.2 Å². The summed E-state index contributed by atoms with van der Waals surface area (Å²) in [5, 5.41) is 5.07. The first-order valence-corrected chi connectivity index (χ1v) is 8.43. The highest BCUT2D eigenvalue weighted by Gasteiger charge is 2.25. The molecule has 1 aromatic heterocycles. The van der Waals surface area contributed by atoms with E-state index in [2.05, 4.69) is 24.4 Å². The number of rotatable bonds is 5. The van der Waals surface area contributed by atoms with Gasteiger partial charge in [0.15, 0.2) is 0 Å². The van der Waals surface area contributed by atoms with Gasteiger partial charge in [-0.3, -0.25) is 16.0 Å². The van der Waals surface area contributed by atoms with E-state index in [-0.39, 0.29) is 6.04 Å². The van der Waals surface area contributed by atoms with Crippen LogP contribution in [0.5, 0.6) is 0 Å². The molecule has 1 saturated heterocycles. The van der Waals surface area contributed by atoms with Crippen molar-refractivity contribution in [2.45, 2.75) is 45.2 Å². The lowest BCUT2D eigenvalue weighted by Crippen LogP contribution is -2.32. The van der Waals surface area contributed by atoms with Crippen molar-refractivity contribution in [3.63, 3.8) is 0 Å². The van der Waals surface area contributed by atoms with Gasteiger partial charge in [-0.25, -0.2) is 0 Å². The molecule has 3 N–H and O–H groups in total. The SMILES string of the molecule is CC(C)n1ncc(Cl)c1C(CC1CCSCC1)NN. The van der Waals surface area contributed by atoms with Crippen molar-refractivity contribution in [1.29, 1.82) is 0 Å². The minimum atomic E-state index is 0.0884. The fourth-order valence-electron chi connectivity index (χ4n) is 2.66. The van der Waals surface area contributed by atoms with Gasteiger partial charge in [-0.1, -0.05) is 11.6 Å². The molecule has 0 spiro atoms. The molecule has 0 aliphatic carbocycles. The van der Waals surface area contributed by atoms with Gasteiger partial charge < -0.3 is 0 Å². The zero-order valence-electron chi connectivity index (χ0n) is 11.6. The van der Waals surface area contributed by atoms with Crippen LogP contribution < -0.4 is 11.3 Å². The zero-order chi connectivity index (χ0) is 13.8. The molecule has 0 aromatic carbocycles. The van der Waals surface area contributed by atoms with E-state index in [9.17, 15) is 0 Å². The predicted molar refractivity (Wildman–Crippen MR) is 82.4 cm³/mol. The smallest absolute Gasteiger partial charge is 0.0834 e. The Balaban J connectivity index is 2.14. The lowest BCUT2D eigenvalue weighted by atomic mass is 9.93. The van der Waals surface area contributed by atoms with E-state index in [0.717, 1.165) is 18.0 Å². The number of nitrogens with one attached hydrogen (secondary N) is 1. The average Bonchev–Trinajstić information content (AvgIpc) is 2.79. The Hall–Kier alpha value is -0.230. The molecule has 1 aliphatic rings. The van der Waals surface area contributed by atoms with Gasteiger partial charge in [-0.05, 0) is 50.5 Å². The molecule has 0 bridgehead atoms. The first-order valence-electron chi connectivity index (χ1n) is 6.90. The summed E-state index contributed by atoms with van der Waals surface area (Å²) in [5.74, 6) is 9.02. The largest absolute Gasteiger partial charge is 0.271 e. The molecule has 6 heteroatoms. The first kappa shape index (κ1) is 15.2. The summed E-state index contributed by atoms with van der Waals surface area (Å²) in [4.78, 5) is 0. The van der Waals surface area contributed by atoms with Gasteiger partial charge in [-0.2, -0.15) is 16.9 Å². The topological polar surface area (TPSA) is 55.9 Å². The Bertz CT molecular complexity index is 401. The van der Waals surface area contributed by atoms with Crippen LogP contribution in [-0.4, -0.2) is 21.3 Å². The van der Waals surface area contributed by atoms with Crippen LogP contribution in [0.25, 0.3) is 0 Å². The van der Waals surface area contributed by atoms with Gasteiger partial charge in [0.25, 0.3) is 0 Å². The van der Waals surface area contributed by atoms with Crippen molar-refractivity contribution in [2.24, 2.45) is 11.8 Å². The third kappa shape index (κ3) is 3.66. The van der Waals surface area contributed by atoms with Crippen molar-refractivity contribution in [2.75, 3.05) is 11.5 Å². The minimum Gasteiger partial charge on any atom is -0.271 e. The monoisotopic (exact) mass is 302 g/mol. The second-order valence-corrected chi connectivity index (χ2v) is 7.06. The van der Waals surface area contributed by atoms with Crippen LogP contribution in [0, 0.1) is 5.92 Å². The van der Waals surface area contributed by atoms with Crippen LogP contribution in [0.15, 0.2) is 6.20 Å². The third-order valence-corrected chi connectivity index (χ3v) is 5.06. The number of hydrogen-bond acceptors (Lipinski definition) is 4. The number of hydrazine groups is 1. The summed E-state index contributed by atoms with van der Waals surface area (Å²) in [6.45, 7) is 4.22. The number of aromatic nitrogens is 2. The van der Waals surface area contributed by atoms with Crippen molar-refractivity contribution < 1.29 is 0 Å². The second kappa shape index (κ2) is 6.97. The quantitative estimate of drug-likeness (QED) is 0.648. The maximum Gasteiger partial charge on any atom is 0.0834 e. The summed E-state index contributed by atoms with van der Waals surface area (Å²) in [7, 11) is 0. The summed E-state index contributed by atoms with van der Waals surface area (Å²) < 4.78 is 1.98. The Morgan fingerprint density at radius 1 is 1.53 bits per heavy atom. The van der Waals surface area contributed by atoms with E-state index in [1.54, 1.807) is 6.20 Å². The van der Waals surface area contributed by atoms with E-state index >= 15 is 0 Å². The van der Waals surface area contributed by atoms with Crippen molar-refractivity contribution in [3.05, 3.63) is 16.9 Å². The molecular weight excluding hydrogens is 280 g/mol. The lowest BCUT2D eigenvalue weighted by molar-refractivity contribution is 0.351. The molecule has 2 rings (SSSR count). The van der Waals surface area contributed by atoms with Crippen LogP contribution in [0.3, 0.4) is 0 Å². The Morgan fingerprint density at radius 3 is 2.79 bits per heavy atom. The number of halogens is 1. The molecule has 2 heterocycles. The summed E-state index contributed by atoms with van der Waals surface area (Å²) in [5.41, 5.74) is 3.96. The van der Waals surface area contributed by atoms with Gasteiger partial charge in [-0.15, -0.1) is 0 Å². The summed E-state index contributed by atoms with van der Waals surface area (Å²) in [6.07, 6.45) is 5.31. The van der Waals surface area contributed by atoms with Gasteiger partial charge in [0.2, 0.25) is 0 Å². The zero-order valence-corrected chi connectivity index (χ0v) is 13.2. The highest BCUT2D eigenvalue weighted by Crippen LogP contribution is 2.34. The average molecular weight is 303 g/mol.